The van der Waals surface area contributed by atoms with Crippen molar-refractivity contribution in [3.8, 4) is 11.5 Å². The quantitative estimate of drug-likeness (QED) is 0.248. The Bertz CT molecular complexity index is 1380. The van der Waals surface area contributed by atoms with Gasteiger partial charge in [0.15, 0.2) is 11.5 Å². The normalized spacial score (nSPS) is 32.4. The zero-order valence-corrected chi connectivity index (χ0v) is 27.7. The molecule has 262 valence electrons. The number of ether oxygens (including phenoxy) is 3. The van der Waals surface area contributed by atoms with Crippen LogP contribution in [0.5, 0.6) is 11.5 Å². The minimum absolute atomic E-state index is 0.143. The van der Waals surface area contributed by atoms with Crippen LogP contribution in [0.1, 0.15) is 75.3 Å². The molecule has 0 spiro atoms. The molecule has 2 aliphatic heterocycles. The predicted molar refractivity (Wildman–Crippen MR) is 164 cm³/mol. The van der Waals surface area contributed by atoms with E-state index in [-0.39, 0.29) is 40.6 Å². The number of likely N-dealkylation sites (tertiary alicyclic amines) is 1. The summed E-state index contributed by atoms with van der Waals surface area (Å²) in [5.74, 6) is -2.28. The maximum absolute atomic E-state index is 13.3. The van der Waals surface area contributed by atoms with Crippen LogP contribution in [-0.2, 0) is 26.8 Å². The molecule has 0 aromatic heterocycles. The highest BCUT2D eigenvalue weighted by Crippen LogP contribution is 2.62. The van der Waals surface area contributed by atoms with Crippen LogP contribution in [0, 0.1) is 35.0 Å². The highest BCUT2D eigenvalue weighted by atomic mass is 32.2. The molecule has 13 heteroatoms. The summed E-state index contributed by atoms with van der Waals surface area (Å²) in [5.41, 5.74) is 1.81. The first-order chi connectivity index (χ1) is 22.2. The smallest absolute Gasteiger partial charge is 0.453 e. The minimum Gasteiger partial charge on any atom is -0.493 e. The van der Waals surface area contributed by atoms with Gasteiger partial charge < -0.3 is 19.1 Å². The molecule has 6 rings (SSSR count). The lowest BCUT2D eigenvalue weighted by molar-refractivity contribution is -0.284. The van der Waals surface area contributed by atoms with Gasteiger partial charge in [-0.05, 0) is 91.9 Å². The molecule has 5 aliphatic rings. The molecule has 0 N–H and O–H groups in total. The number of rotatable bonds is 10. The van der Waals surface area contributed by atoms with Gasteiger partial charge in [-0.15, -0.1) is 0 Å². The number of methoxy groups -OCH3 is 1. The molecule has 47 heavy (non-hydrogen) atoms. The Kier molecular flexibility index (Phi) is 9.72. The Morgan fingerprint density at radius 1 is 1.06 bits per heavy atom. The average Bonchev–Trinajstić information content (AvgIpc) is 3.70. The van der Waals surface area contributed by atoms with E-state index in [0.29, 0.717) is 81.1 Å². The first-order valence-corrected chi connectivity index (χ1v) is 18.3. The molecule has 3 unspecified atom stereocenters. The van der Waals surface area contributed by atoms with Gasteiger partial charge in [-0.3, -0.25) is 9.00 Å². The SMILES string of the molecule is COc1cc2c(cc1OC(=O)N1CC3COCC3C1)C[C@@H](CCCS(=O)CCCC(F)(F)C(F)(F)F)[C@@H]1[C@@H]2CC[C@]2(C)C(=O)CC[C@@H]12. The van der Waals surface area contributed by atoms with Crippen molar-refractivity contribution in [2.75, 3.05) is 44.9 Å². The number of Topliss-reactive ketones (excluding diaryl/α,β-unsaturated/α-hetero) is 1. The van der Waals surface area contributed by atoms with Crippen LogP contribution in [0.4, 0.5) is 26.7 Å². The van der Waals surface area contributed by atoms with Gasteiger partial charge in [0, 0.05) is 65.5 Å². The minimum atomic E-state index is -5.61. The maximum Gasteiger partial charge on any atom is 0.453 e. The Labute approximate surface area is 274 Å². The summed E-state index contributed by atoms with van der Waals surface area (Å²) in [6.45, 7) is 4.56. The molecule has 7 nitrogen and oxygen atoms in total. The van der Waals surface area contributed by atoms with Gasteiger partial charge in [-0.2, -0.15) is 22.0 Å². The van der Waals surface area contributed by atoms with Crippen molar-refractivity contribution < 1.29 is 50.0 Å². The van der Waals surface area contributed by atoms with Crippen LogP contribution in [0.2, 0.25) is 0 Å². The molecule has 1 aromatic carbocycles. The van der Waals surface area contributed by atoms with Crippen LogP contribution in [0.15, 0.2) is 12.1 Å². The molecule has 4 fully saturated rings. The summed E-state index contributed by atoms with van der Waals surface area (Å²) in [6.07, 6.45) is -3.00. The third kappa shape index (κ3) is 6.68. The van der Waals surface area contributed by atoms with E-state index in [1.54, 1.807) is 12.0 Å². The number of carbonyl (C=O) groups excluding carboxylic acids is 2. The van der Waals surface area contributed by atoms with E-state index in [1.165, 1.54) is 0 Å². The number of hydrogen-bond acceptors (Lipinski definition) is 6. The molecule has 1 aromatic rings. The van der Waals surface area contributed by atoms with E-state index < -0.39 is 41.8 Å². The standard InChI is InChI=1S/C34H44F5NO6S/c1-32-10-8-24-25-15-27(44-2)28(46-31(42)40-16-22-18-45-19-23(22)17-40)14-21(25)13-20(30(24)26(32)6-7-29(32)41)5-3-11-47(43)12-4-9-33(35,36)34(37,38)39/h14-15,20,22-24,26,30H,3-13,16-19H2,1-2H3/t20-,22?,23?,24-,26+,30-,32+,47?/m1/s1. The highest BCUT2D eigenvalue weighted by Gasteiger charge is 2.58. The highest BCUT2D eigenvalue weighted by molar-refractivity contribution is 7.84. The number of alkyl halides is 5. The van der Waals surface area contributed by atoms with E-state index in [4.69, 9.17) is 14.2 Å². The zero-order chi connectivity index (χ0) is 33.7. The monoisotopic (exact) mass is 689 g/mol. The lowest BCUT2D eigenvalue weighted by atomic mass is 9.52. The van der Waals surface area contributed by atoms with Crippen molar-refractivity contribution in [3.63, 3.8) is 0 Å². The van der Waals surface area contributed by atoms with Crippen molar-refractivity contribution >= 4 is 22.7 Å². The zero-order valence-electron chi connectivity index (χ0n) is 26.9. The van der Waals surface area contributed by atoms with Crippen molar-refractivity contribution in [2.45, 2.75) is 82.7 Å². The number of carbonyl (C=O) groups is 2. The van der Waals surface area contributed by atoms with Crippen LogP contribution < -0.4 is 9.47 Å². The van der Waals surface area contributed by atoms with E-state index in [9.17, 15) is 35.8 Å². The molecule has 1 amide bonds. The number of hydrogen-bond donors (Lipinski definition) is 0. The fourth-order valence-electron chi connectivity index (χ4n) is 9.28. The number of halogens is 5. The summed E-state index contributed by atoms with van der Waals surface area (Å²) in [6, 6.07) is 3.89. The third-order valence-electron chi connectivity index (χ3n) is 11.8. The first kappa shape index (κ1) is 34.6. The van der Waals surface area contributed by atoms with Gasteiger partial charge >= 0.3 is 18.2 Å². The van der Waals surface area contributed by atoms with Gasteiger partial charge in [0.25, 0.3) is 0 Å². The van der Waals surface area contributed by atoms with Crippen molar-refractivity contribution in [1.29, 1.82) is 0 Å². The Morgan fingerprint density at radius 2 is 1.77 bits per heavy atom. The number of amides is 1. The fourth-order valence-corrected chi connectivity index (χ4v) is 10.4. The van der Waals surface area contributed by atoms with Crippen molar-refractivity contribution in [2.24, 2.45) is 35.0 Å². The Hall–Kier alpha value is -2.28. The molecule has 2 saturated carbocycles. The third-order valence-corrected chi connectivity index (χ3v) is 13.3. The summed E-state index contributed by atoms with van der Waals surface area (Å²) >= 11 is 0. The van der Waals surface area contributed by atoms with Crippen LogP contribution >= 0.6 is 0 Å². The molecule has 8 atom stereocenters. The first-order valence-electron chi connectivity index (χ1n) is 16.8. The fraction of sp³-hybridized carbons (Fsp3) is 0.765. The molecule has 0 radical (unpaired) electrons. The topological polar surface area (TPSA) is 82.1 Å². The average molecular weight is 690 g/mol. The summed E-state index contributed by atoms with van der Waals surface area (Å²) in [5, 5.41) is 0. The largest absolute Gasteiger partial charge is 0.493 e. The Balaban J connectivity index is 1.17. The van der Waals surface area contributed by atoms with Gasteiger partial charge in [0.05, 0.1) is 20.3 Å². The van der Waals surface area contributed by atoms with Crippen LogP contribution in [0.25, 0.3) is 0 Å². The van der Waals surface area contributed by atoms with Gasteiger partial charge in [-0.1, -0.05) is 6.92 Å². The maximum atomic E-state index is 13.3. The molecule has 2 heterocycles. The van der Waals surface area contributed by atoms with Crippen molar-refractivity contribution in [3.05, 3.63) is 23.3 Å². The Morgan fingerprint density at radius 3 is 2.45 bits per heavy atom. The van der Waals surface area contributed by atoms with Crippen molar-refractivity contribution in [1.82, 2.24) is 4.90 Å². The lowest BCUT2D eigenvalue weighted by Crippen LogP contribution is -2.46. The summed E-state index contributed by atoms with van der Waals surface area (Å²) in [7, 11) is 0.0340. The van der Waals surface area contributed by atoms with E-state index in [1.807, 2.05) is 12.1 Å². The number of nitrogens with zero attached hydrogens (tertiary/aromatic N) is 1. The van der Waals surface area contributed by atoms with Crippen LogP contribution in [0.3, 0.4) is 0 Å². The molecule has 0 bridgehead atoms. The second-order valence-electron chi connectivity index (χ2n) is 14.5. The molecular formula is C34H44F5NO6S. The van der Waals surface area contributed by atoms with E-state index in [0.717, 1.165) is 30.4 Å². The number of benzene rings is 1. The second kappa shape index (κ2) is 13.2. The van der Waals surface area contributed by atoms with Crippen LogP contribution in [-0.4, -0.2) is 78.0 Å². The van der Waals surface area contributed by atoms with Gasteiger partial charge in [0.1, 0.15) is 5.78 Å². The molecule has 2 saturated heterocycles. The predicted octanol–water partition coefficient (Wildman–Crippen LogP) is 6.93. The van der Waals surface area contributed by atoms with Gasteiger partial charge in [0.2, 0.25) is 0 Å². The summed E-state index contributed by atoms with van der Waals surface area (Å²) < 4.78 is 94.0. The van der Waals surface area contributed by atoms with Gasteiger partial charge in [-0.25, -0.2) is 4.79 Å². The van der Waals surface area contributed by atoms with E-state index in [2.05, 4.69) is 6.92 Å². The number of ketones is 1. The second-order valence-corrected chi connectivity index (χ2v) is 16.2. The molecule has 3 aliphatic carbocycles. The lowest BCUT2D eigenvalue weighted by Gasteiger charge is -2.52. The number of fused-ring (bicyclic) bond motifs is 6. The van der Waals surface area contributed by atoms with E-state index >= 15 is 0 Å². The molecular weight excluding hydrogens is 645 g/mol. The summed E-state index contributed by atoms with van der Waals surface area (Å²) in [4.78, 5) is 28.0.